The van der Waals surface area contributed by atoms with Crippen LogP contribution in [0.5, 0.6) is 0 Å². The van der Waals surface area contributed by atoms with Crippen LogP contribution in [0.3, 0.4) is 0 Å². The molecule has 0 aliphatic carbocycles. The van der Waals surface area contributed by atoms with Crippen LogP contribution in [0.15, 0.2) is 53.5 Å². The zero-order valence-corrected chi connectivity index (χ0v) is 8.68. The highest BCUT2D eigenvalue weighted by atomic mass is 16.1. The maximum absolute atomic E-state index is 10.3. The molecule has 0 aliphatic rings. The van der Waals surface area contributed by atoms with Gasteiger partial charge in [-0.15, -0.1) is 0 Å². The average Bonchev–Trinajstić information content (AvgIpc) is 2.33. The van der Waals surface area contributed by atoms with Crippen LogP contribution in [0.2, 0.25) is 0 Å². The van der Waals surface area contributed by atoms with Gasteiger partial charge in [0.2, 0.25) is 6.08 Å². The van der Waals surface area contributed by atoms with Gasteiger partial charge in [-0.3, -0.25) is 0 Å². The Morgan fingerprint density at radius 1 is 1.12 bits per heavy atom. The molecule has 0 saturated heterocycles. The first kappa shape index (κ1) is 10.3. The zero-order valence-electron chi connectivity index (χ0n) is 8.68. The topological polar surface area (TPSA) is 29.4 Å². The fraction of sp³-hybridized carbons (Fsp3) is 0.0714. The van der Waals surface area contributed by atoms with Crippen LogP contribution in [-0.4, -0.2) is 6.08 Å². The Hall–Kier alpha value is -2.18. The number of hydrogen-bond donors (Lipinski definition) is 0. The van der Waals surface area contributed by atoms with Crippen molar-refractivity contribution in [3.05, 3.63) is 65.7 Å². The van der Waals surface area contributed by atoms with Gasteiger partial charge in [0.05, 0.1) is 5.69 Å². The molecule has 2 heteroatoms. The quantitative estimate of drug-likeness (QED) is 0.563. The number of isocyanates is 1. The van der Waals surface area contributed by atoms with E-state index in [1.807, 2.05) is 48.5 Å². The largest absolute Gasteiger partial charge is 0.240 e. The molecule has 0 aromatic heterocycles. The summed E-state index contributed by atoms with van der Waals surface area (Å²) in [5, 5.41) is 0. The van der Waals surface area contributed by atoms with Crippen LogP contribution in [0.25, 0.3) is 0 Å². The molecule has 16 heavy (non-hydrogen) atoms. The number of rotatable bonds is 3. The van der Waals surface area contributed by atoms with Gasteiger partial charge in [-0.25, -0.2) is 4.79 Å². The zero-order chi connectivity index (χ0) is 11.2. The summed E-state index contributed by atoms with van der Waals surface area (Å²) >= 11 is 0. The van der Waals surface area contributed by atoms with Crippen LogP contribution in [0.4, 0.5) is 5.69 Å². The molecule has 0 saturated carbocycles. The van der Waals surface area contributed by atoms with E-state index in [9.17, 15) is 4.79 Å². The fourth-order valence-corrected chi connectivity index (χ4v) is 1.58. The minimum absolute atomic E-state index is 0.685. The van der Waals surface area contributed by atoms with Crippen LogP contribution >= 0.6 is 0 Å². The Labute approximate surface area is 94.3 Å². The van der Waals surface area contributed by atoms with Crippen molar-refractivity contribution in [2.24, 2.45) is 4.99 Å². The van der Waals surface area contributed by atoms with Crippen molar-refractivity contribution in [2.75, 3.05) is 0 Å². The van der Waals surface area contributed by atoms with E-state index >= 15 is 0 Å². The molecule has 0 heterocycles. The SMILES string of the molecule is O=C=Nc1ccccc1Cc1cc[c]cc1. The van der Waals surface area contributed by atoms with Gasteiger partial charge >= 0.3 is 0 Å². The van der Waals surface area contributed by atoms with E-state index in [2.05, 4.69) is 11.1 Å². The minimum atomic E-state index is 0.685. The molecule has 0 spiro atoms. The van der Waals surface area contributed by atoms with Crippen molar-refractivity contribution in [1.29, 1.82) is 0 Å². The lowest BCUT2D eigenvalue weighted by Crippen LogP contribution is -1.87. The first-order valence-electron chi connectivity index (χ1n) is 5.01. The van der Waals surface area contributed by atoms with E-state index in [4.69, 9.17) is 0 Å². The molecule has 77 valence electrons. The highest BCUT2D eigenvalue weighted by molar-refractivity contribution is 5.54. The first-order chi connectivity index (χ1) is 7.90. The van der Waals surface area contributed by atoms with Crippen molar-refractivity contribution >= 4 is 11.8 Å². The number of hydrogen-bond acceptors (Lipinski definition) is 2. The average molecular weight is 208 g/mol. The van der Waals surface area contributed by atoms with E-state index < -0.39 is 0 Å². The number of benzene rings is 2. The number of carbonyl (C=O) groups excluding carboxylic acids is 1. The molecular formula is C14H10NO. The van der Waals surface area contributed by atoms with Crippen LogP contribution in [0, 0.1) is 6.07 Å². The smallest absolute Gasteiger partial charge is 0.211 e. The molecule has 2 nitrogen and oxygen atoms in total. The van der Waals surface area contributed by atoms with Crippen molar-refractivity contribution in [3.63, 3.8) is 0 Å². The van der Waals surface area contributed by atoms with Crippen LogP contribution in [0.1, 0.15) is 11.1 Å². The number of aliphatic imine (C=N–C) groups is 1. The highest BCUT2D eigenvalue weighted by Gasteiger charge is 2.01. The van der Waals surface area contributed by atoms with Crippen molar-refractivity contribution in [3.8, 4) is 0 Å². The molecule has 0 amide bonds. The molecule has 2 rings (SSSR count). The Morgan fingerprint density at radius 3 is 2.62 bits per heavy atom. The standard InChI is InChI=1S/C14H10NO/c16-11-15-14-9-5-4-8-13(14)10-12-6-2-1-3-7-12/h2-9H,10H2. The van der Waals surface area contributed by atoms with Crippen molar-refractivity contribution in [2.45, 2.75) is 6.42 Å². The summed E-state index contributed by atoms with van der Waals surface area (Å²) in [6, 6.07) is 18.3. The van der Waals surface area contributed by atoms with E-state index in [0.717, 1.165) is 12.0 Å². The molecule has 2 aromatic rings. The third kappa shape index (κ3) is 2.44. The lowest BCUT2D eigenvalue weighted by Gasteiger charge is -2.03. The maximum atomic E-state index is 10.3. The number of para-hydroxylation sites is 1. The summed E-state index contributed by atoms with van der Waals surface area (Å²) in [6.07, 6.45) is 2.34. The Kier molecular flexibility index (Phi) is 3.27. The molecule has 0 fully saturated rings. The molecule has 2 aromatic carbocycles. The van der Waals surface area contributed by atoms with E-state index in [-0.39, 0.29) is 0 Å². The van der Waals surface area contributed by atoms with Gasteiger partial charge in [0.25, 0.3) is 0 Å². The summed E-state index contributed by atoms with van der Waals surface area (Å²) in [5.41, 5.74) is 2.88. The van der Waals surface area contributed by atoms with E-state index in [0.29, 0.717) is 5.69 Å². The normalized spacial score (nSPS) is 9.50. The predicted molar refractivity (Wildman–Crippen MR) is 62.3 cm³/mol. The molecule has 1 radical (unpaired) electrons. The van der Waals surface area contributed by atoms with Gasteiger partial charge in [0, 0.05) is 0 Å². The van der Waals surface area contributed by atoms with E-state index in [1.54, 1.807) is 6.08 Å². The molecule has 0 unspecified atom stereocenters. The summed E-state index contributed by atoms with van der Waals surface area (Å²) in [5.74, 6) is 0. The maximum Gasteiger partial charge on any atom is 0.240 e. The van der Waals surface area contributed by atoms with Crippen molar-refractivity contribution in [1.82, 2.24) is 0 Å². The summed E-state index contributed by atoms with van der Waals surface area (Å²) in [7, 11) is 0. The molecular weight excluding hydrogens is 198 g/mol. The lowest BCUT2D eigenvalue weighted by molar-refractivity contribution is 0.565. The van der Waals surface area contributed by atoms with Crippen molar-refractivity contribution < 1.29 is 4.79 Å². The molecule has 0 aliphatic heterocycles. The Balaban J connectivity index is 2.31. The molecule has 0 atom stereocenters. The second-order valence-electron chi connectivity index (χ2n) is 3.42. The Bertz CT molecular complexity index is 513. The summed E-state index contributed by atoms with van der Waals surface area (Å²) < 4.78 is 0. The van der Waals surface area contributed by atoms with Gasteiger partial charge in [-0.1, -0.05) is 42.5 Å². The van der Waals surface area contributed by atoms with Crippen LogP contribution < -0.4 is 0 Å². The highest BCUT2D eigenvalue weighted by Crippen LogP contribution is 2.21. The third-order valence-electron chi connectivity index (χ3n) is 2.34. The first-order valence-corrected chi connectivity index (χ1v) is 5.01. The monoisotopic (exact) mass is 208 g/mol. The van der Waals surface area contributed by atoms with Gasteiger partial charge < -0.3 is 0 Å². The predicted octanol–water partition coefficient (Wildman–Crippen LogP) is 3.04. The van der Waals surface area contributed by atoms with Gasteiger partial charge in [-0.2, -0.15) is 4.99 Å². The lowest BCUT2D eigenvalue weighted by atomic mass is 10.0. The third-order valence-corrected chi connectivity index (χ3v) is 2.34. The van der Waals surface area contributed by atoms with Crippen LogP contribution in [-0.2, 0) is 11.2 Å². The summed E-state index contributed by atoms with van der Waals surface area (Å²) in [6.45, 7) is 0. The van der Waals surface area contributed by atoms with Gasteiger partial charge in [0.15, 0.2) is 0 Å². The Morgan fingerprint density at radius 2 is 1.88 bits per heavy atom. The fourth-order valence-electron chi connectivity index (χ4n) is 1.58. The van der Waals surface area contributed by atoms with Gasteiger partial charge in [0.1, 0.15) is 0 Å². The second kappa shape index (κ2) is 5.06. The van der Waals surface area contributed by atoms with E-state index in [1.165, 1.54) is 5.56 Å². The molecule has 0 bridgehead atoms. The molecule has 0 N–H and O–H groups in total. The summed E-state index contributed by atoms with van der Waals surface area (Å²) in [4.78, 5) is 14.0. The number of nitrogens with zero attached hydrogens (tertiary/aromatic N) is 1. The minimum Gasteiger partial charge on any atom is -0.211 e. The van der Waals surface area contributed by atoms with Gasteiger partial charge in [-0.05, 0) is 29.7 Å². The second-order valence-corrected chi connectivity index (χ2v) is 3.42.